The third-order valence-corrected chi connectivity index (χ3v) is 2.14. The highest BCUT2D eigenvalue weighted by atomic mass is 19.1. The van der Waals surface area contributed by atoms with Crippen molar-refractivity contribution < 1.29 is 4.39 Å². The van der Waals surface area contributed by atoms with E-state index in [9.17, 15) is 4.39 Å². The van der Waals surface area contributed by atoms with Gasteiger partial charge in [0.25, 0.3) is 0 Å². The van der Waals surface area contributed by atoms with E-state index in [1.165, 1.54) is 12.1 Å². The summed E-state index contributed by atoms with van der Waals surface area (Å²) in [5.41, 5.74) is 7.65. The number of hydrogen-bond acceptors (Lipinski definition) is 3. The number of nitrogens with zero attached hydrogens (tertiary/aromatic N) is 1. The molecule has 0 saturated carbocycles. The molecule has 0 spiro atoms. The fraction of sp³-hybridized carbons (Fsp3) is 0.0833. The molecule has 1 aromatic carbocycles. The van der Waals surface area contributed by atoms with Gasteiger partial charge in [0.1, 0.15) is 5.82 Å². The van der Waals surface area contributed by atoms with E-state index in [1.54, 1.807) is 18.5 Å². The molecule has 1 heterocycles. The molecule has 1 aromatic heterocycles. The van der Waals surface area contributed by atoms with Crippen LogP contribution >= 0.6 is 0 Å². The first-order valence-electron chi connectivity index (χ1n) is 4.93. The minimum atomic E-state index is -0.339. The quantitative estimate of drug-likeness (QED) is 0.776. The van der Waals surface area contributed by atoms with E-state index in [1.807, 2.05) is 12.1 Å². The zero-order valence-corrected chi connectivity index (χ0v) is 8.65. The fourth-order valence-corrected chi connectivity index (χ4v) is 1.42. The number of halogens is 1. The Hall–Kier alpha value is -2.10. The summed E-state index contributed by atoms with van der Waals surface area (Å²) in [6, 6.07) is 8.20. The minimum absolute atomic E-state index is 0.339. The van der Waals surface area contributed by atoms with E-state index in [0.717, 1.165) is 5.56 Å². The SMILES string of the molecule is Nc1cc(F)cc(NCc2cccnc2)c1. The average molecular weight is 217 g/mol. The molecule has 16 heavy (non-hydrogen) atoms. The number of rotatable bonds is 3. The standard InChI is InChI=1S/C12H12FN3/c13-10-4-11(14)6-12(5-10)16-8-9-2-1-3-15-7-9/h1-7,16H,8,14H2. The molecular formula is C12H12FN3. The molecule has 2 aromatic rings. The third kappa shape index (κ3) is 2.70. The van der Waals surface area contributed by atoms with Crippen molar-refractivity contribution in [3.63, 3.8) is 0 Å². The molecule has 0 atom stereocenters. The molecule has 2 rings (SSSR count). The Labute approximate surface area is 93.1 Å². The Morgan fingerprint density at radius 1 is 1.31 bits per heavy atom. The summed E-state index contributed by atoms with van der Waals surface area (Å²) < 4.78 is 13.0. The van der Waals surface area contributed by atoms with Crippen molar-refractivity contribution >= 4 is 11.4 Å². The Balaban J connectivity index is 2.05. The molecule has 4 heteroatoms. The van der Waals surface area contributed by atoms with Gasteiger partial charge in [-0.15, -0.1) is 0 Å². The number of nitrogens with two attached hydrogens (primary N) is 1. The Morgan fingerprint density at radius 2 is 2.19 bits per heavy atom. The number of benzene rings is 1. The lowest BCUT2D eigenvalue weighted by Crippen LogP contribution is -2.00. The van der Waals surface area contributed by atoms with E-state index in [-0.39, 0.29) is 5.82 Å². The van der Waals surface area contributed by atoms with E-state index >= 15 is 0 Å². The number of anilines is 2. The van der Waals surface area contributed by atoms with Crippen LogP contribution in [0.25, 0.3) is 0 Å². The van der Waals surface area contributed by atoms with E-state index < -0.39 is 0 Å². The second kappa shape index (κ2) is 4.61. The number of aromatic nitrogens is 1. The van der Waals surface area contributed by atoms with Crippen LogP contribution in [0.15, 0.2) is 42.7 Å². The lowest BCUT2D eigenvalue weighted by atomic mass is 10.2. The Bertz CT molecular complexity index is 451. The normalized spacial score (nSPS) is 10.1. The summed E-state index contributed by atoms with van der Waals surface area (Å²) in [4.78, 5) is 3.99. The lowest BCUT2D eigenvalue weighted by molar-refractivity contribution is 0.629. The van der Waals surface area contributed by atoms with Crippen LogP contribution in [-0.4, -0.2) is 4.98 Å². The molecule has 0 aliphatic carbocycles. The van der Waals surface area contributed by atoms with Gasteiger partial charge in [-0.25, -0.2) is 4.39 Å². The van der Waals surface area contributed by atoms with Crippen molar-refractivity contribution in [2.24, 2.45) is 0 Å². The molecule has 0 aliphatic heterocycles. The van der Waals surface area contributed by atoms with Gasteiger partial charge in [0.2, 0.25) is 0 Å². The zero-order valence-electron chi connectivity index (χ0n) is 8.65. The molecule has 82 valence electrons. The van der Waals surface area contributed by atoms with Gasteiger partial charge >= 0.3 is 0 Å². The molecule has 3 N–H and O–H groups in total. The van der Waals surface area contributed by atoms with Crippen LogP contribution in [-0.2, 0) is 6.54 Å². The Kier molecular flexibility index (Phi) is 3.00. The summed E-state index contributed by atoms with van der Waals surface area (Å²) in [7, 11) is 0. The number of hydrogen-bond donors (Lipinski definition) is 2. The summed E-state index contributed by atoms with van der Waals surface area (Å²) >= 11 is 0. The molecule has 0 aliphatic rings. The van der Waals surface area contributed by atoms with Crippen LogP contribution in [0.5, 0.6) is 0 Å². The van der Waals surface area contributed by atoms with Crippen LogP contribution in [0.3, 0.4) is 0 Å². The maximum Gasteiger partial charge on any atom is 0.127 e. The molecule has 3 nitrogen and oxygen atoms in total. The molecule has 0 fully saturated rings. The van der Waals surface area contributed by atoms with Gasteiger partial charge < -0.3 is 11.1 Å². The predicted octanol–water partition coefficient (Wildman–Crippen LogP) is 2.42. The van der Waals surface area contributed by atoms with E-state index in [4.69, 9.17) is 5.73 Å². The largest absolute Gasteiger partial charge is 0.399 e. The highest BCUT2D eigenvalue weighted by Gasteiger charge is 1.98. The maximum atomic E-state index is 13.0. The number of pyridine rings is 1. The van der Waals surface area contributed by atoms with Crippen molar-refractivity contribution in [1.29, 1.82) is 0 Å². The monoisotopic (exact) mass is 217 g/mol. The first kappa shape index (κ1) is 10.4. The minimum Gasteiger partial charge on any atom is -0.399 e. The summed E-state index contributed by atoms with van der Waals surface area (Å²) in [6.45, 7) is 0.594. The van der Waals surface area contributed by atoms with Gasteiger partial charge in [0.15, 0.2) is 0 Å². The number of nitrogens with one attached hydrogen (secondary N) is 1. The van der Waals surface area contributed by atoms with Gasteiger partial charge in [-0.1, -0.05) is 6.07 Å². The van der Waals surface area contributed by atoms with E-state index in [2.05, 4.69) is 10.3 Å². The van der Waals surface area contributed by atoms with Crippen LogP contribution in [0.1, 0.15) is 5.56 Å². The smallest absolute Gasteiger partial charge is 0.127 e. The molecule has 0 radical (unpaired) electrons. The second-order valence-corrected chi connectivity index (χ2v) is 3.49. The maximum absolute atomic E-state index is 13.0. The van der Waals surface area contributed by atoms with Crippen LogP contribution in [0.4, 0.5) is 15.8 Å². The van der Waals surface area contributed by atoms with Gasteiger partial charge in [-0.05, 0) is 29.8 Å². The second-order valence-electron chi connectivity index (χ2n) is 3.49. The lowest BCUT2D eigenvalue weighted by Gasteiger charge is -2.07. The van der Waals surface area contributed by atoms with Crippen molar-refractivity contribution in [3.05, 3.63) is 54.1 Å². The predicted molar refractivity (Wildman–Crippen MR) is 62.4 cm³/mol. The van der Waals surface area contributed by atoms with Crippen molar-refractivity contribution in [2.75, 3.05) is 11.1 Å². The van der Waals surface area contributed by atoms with Gasteiger partial charge in [0.05, 0.1) is 0 Å². The van der Waals surface area contributed by atoms with Crippen molar-refractivity contribution in [2.45, 2.75) is 6.54 Å². The average Bonchev–Trinajstić information content (AvgIpc) is 2.27. The summed E-state index contributed by atoms with van der Waals surface area (Å²) in [6.07, 6.45) is 3.47. The van der Waals surface area contributed by atoms with E-state index in [0.29, 0.717) is 17.9 Å². The van der Waals surface area contributed by atoms with Crippen LogP contribution in [0, 0.1) is 5.82 Å². The highest BCUT2D eigenvalue weighted by molar-refractivity contribution is 5.54. The first-order valence-corrected chi connectivity index (χ1v) is 4.93. The molecule has 0 saturated heterocycles. The van der Waals surface area contributed by atoms with Crippen molar-refractivity contribution in [1.82, 2.24) is 4.98 Å². The number of nitrogen functional groups attached to an aromatic ring is 1. The molecule has 0 bridgehead atoms. The topological polar surface area (TPSA) is 50.9 Å². The molecular weight excluding hydrogens is 205 g/mol. The highest BCUT2D eigenvalue weighted by Crippen LogP contribution is 2.16. The van der Waals surface area contributed by atoms with Gasteiger partial charge in [-0.3, -0.25) is 4.98 Å². The van der Waals surface area contributed by atoms with Gasteiger partial charge in [0, 0.05) is 30.3 Å². The molecule has 0 unspecified atom stereocenters. The van der Waals surface area contributed by atoms with Crippen molar-refractivity contribution in [3.8, 4) is 0 Å². The van der Waals surface area contributed by atoms with Crippen LogP contribution in [0.2, 0.25) is 0 Å². The molecule has 0 amide bonds. The zero-order chi connectivity index (χ0) is 11.4. The summed E-state index contributed by atoms with van der Waals surface area (Å²) in [5.74, 6) is -0.339. The van der Waals surface area contributed by atoms with Crippen LogP contribution < -0.4 is 11.1 Å². The third-order valence-electron chi connectivity index (χ3n) is 2.14. The first-order chi connectivity index (χ1) is 7.74. The van der Waals surface area contributed by atoms with Gasteiger partial charge in [-0.2, -0.15) is 0 Å². The fourth-order valence-electron chi connectivity index (χ4n) is 1.42. The Morgan fingerprint density at radius 3 is 2.88 bits per heavy atom. The summed E-state index contributed by atoms with van der Waals surface area (Å²) in [5, 5.41) is 3.08.